The zero-order chi connectivity index (χ0) is 15.2. The smallest absolute Gasteiger partial charge is 0.222 e. The Labute approximate surface area is 126 Å². The van der Waals surface area contributed by atoms with Crippen molar-refractivity contribution in [3.05, 3.63) is 29.3 Å². The number of aryl methyl sites for hydroxylation is 1. The van der Waals surface area contributed by atoms with Crippen molar-refractivity contribution in [2.75, 3.05) is 20.7 Å². The van der Waals surface area contributed by atoms with E-state index in [4.69, 9.17) is 10.00 Å². The molecule has 0 N–H and O–H groups in total. The lowest BCUT2D eigenvalue weighted by Gasteiger charge is -2.27. The molecule has 1 aliphatic rings. The van der Waals surface area contributed by atoms with Gasteiger partial charge in [-0.05, 0) is 48.4 Å². The van der Waals surface area contributed by atoms with Crippen LogP contribution in [-0.4, -0.2) is 31.5 Å². The van der Waals surface area contributed by atoms with Crippen LogP contribution in [0.15, 0.2) is 18.2 Å². The van der Waals surface area contributed by atoms with Crippen molar-refractivity contribution in [1.82, 2.24) is 4.90 Å². The summed E-state index contributed by atoms with van der Waals surface area (Å²) in [4.78, 5) is 13.9. The van der Waals surface area contributed by atoms with Crippen LogP contribution in [-0.2, 0) is 11.2 Å². The van der Waals surface area contributed by atoms with Crippen LogP contribution in [0, 0.1) is 11.3 Å². The number of carbonyl (C=O) groups is 1. The third kappa shape index (κ3) is 3.75. The minimum atomic E-state index is 0.124. The monoisotopic (exact) mass is 286 g/mol. The van der Waals surface area contributed by atoms with E-state index in [1.165, 1.54) is 11.1 Å². The summed E-state index contributed by atoms with van der Waals surface area (Å²) in [7, 11) is 3.45. The minimum absolute atomic E-state index is 0.124. The number of benzene rings is 1. The number of hydrogen-bond donors (Lipinski definition) is 0. The average Bonchev–Trinajstić information content (AvgIpc) is 2.52. The number of ether oxygens (including phenoxy) is 1. The molecular formula is C17H22N2O2. The van der Waals surface area contributed by atoms with Gasteiger partial charge in [0.15, 0.2) is 0 Å². The number of methoxy groups -OCH3 is 1. The second kappa shape index (κ2) is 7.12. The summed E-state index contributed by atoms with van der Waals surface area (Å²) in [6, 6.07) is 8.24. The van der Waals surface area contributed by atoms with Gasteiger partial charge >= 0.3 is 0 Å². The summed E-state index contributed by atoms with van der Waals surface area (Å²) >= 11 is 0. The van der Waals surface area contributed by atoms with Crippen molar-refractivity contribution in [2.24, 2.45) is 0 Å². The van der Waals surface area contributed by atoms with Crippen LogP contribution in [0.3, 0.4) is 0 Å². The molecule has 1 aliphatic carbocycles. The van der Waals surface area contributed by atoms with Gasteiger partial charge in [-0.15, -0.1) is 0 Å². The van der Waals surface area contributed by atoms with E-state index in [9.17, 15) is 4.79 Å². The maximum absolute atomic E-state index is 12.2. The number of nitrogens with zero attached hydrogens (tertiary/aromatic N) is 2. The Morgan fingerprint density at radius 1 is 1.52 bits per heavy atom. The van der Waals surface area contributed by atoms with E-state index in [1.807, 2.05) is 6.07 Å². The Morgan fingerprint density at radius 2 is 2.33 bits per heavy atom. The second-order valence-electron chi connectivity index (χ2n) is 5.58. The van der Waals surface area contributed by atoms with Gasteiger partial charge in [0.05, 0.1) is 19.6 Å². The fourth-order valence-electron chi connectivity index (χ4n) is 2.94. The lowest BCUT2D eigenvalue weighted by atomic mass is 9.81. The van der Waals surface area contributed by atoms with Crippen molar-refractivity contribution >= 4 is 5.91 Å². The fourth-order valence-corrected chi connectivity index (χ4v) is 2.94. The third-order valence-electron chi connectivity index (χ3n) is 4.19. The molecular weight excluding hydrogens is 264 g/mol. The molecule has 112 valence electrons. The van der Waals surface area contributed by atoms with Crippen LogP contribution in [0.2, 0.25) is 0 Å². The summed E-state index contributed by atoms with van der Waals surface area (Å²) in [5, 5.41) is 8.60. The first kappa shape index (κ1) is 15.4. The molecule has 0 aliphatic heterocycles. The van der Waals surface area contributed by atoms with Crippen molar-refractivity contribution in [1.29, 1.82) is 5.26 Å². The summed E-state index contributed by atoms with van der Waals surface area (Å²) in [6.07, 6.45) is 4.14. The molecule has 2 rings (SSSR count). The Balaban J connectivity index is 2.06. The molecule has 0 saturated heterocycles. The lowest BCUT2D eigenvalue weighted by molar-refractivity contribution is -0.130. The van der Waals surface area contributed by atoms with Gasteiger partial charge in [0.2, 0.25) is 5.91 Å². The molecule has 21 heavy (non-hydrogen) atoms. The average molecular weight is 286 g/mol. The van der Waals surface area contributed by atoms with Gasteiger partial charge in [-0.25, -0.2) is 0 Å². The van der Waals surface area contributed by atoms with E-state index in [-0.39, 0.29) is 11.8 Å². The first-order chi connectivity index (χ1) is 10.2. The van der Waals surface area contributed by atoms with E-state index in [0.717, 1.165) is 25.0 Å². The zero-order valence-corrected chi connectivity index (χ0v) is 12.8. The molecule has 0 fully saturated rings. The minimum Gasteiger partial charge on any atom is -0.497 e. The Kier molecular flexibility index (Phi) is 5.21. The summed E-state index contributed by atoms with van der Waals surface area (Å²) in [6.45, 7) is 0.511. The van der Waals surface area contributed by atoms with Crippen LogP contribution < -0.4 is 4.74 Å². The number of rotatable bonds is 5. The van der Waals surface area contributed by atoms with Crippen molar-refractivity contribution < 1.29 is 9.53 Å². The first-order valence-corrected chi connectivity index (χ1v) is 7.43. The number of fused-ring (bicyclic) bond motifs is 1. The van der Waals surface area contributed by atoms with E-state index in [2.05, 4.69) is 18.2 Å². The maximum atomic E-state index is 12.2. The van der Waals surface area contributed by atoms with E-state index in [0.29, 0.717) is 19.4 Å². The summed E-state index contributed by atoms with van der Waals surface area (Å²) < 4.78 is 5.27. The fraction of sp³-hybridized carbons (Fsp3) is 0.529. The molecule has 1 amide bonds. The predicted molar refractivity (Wildman–Crippen MR) is 81.2 cm³/mol. The molecule has 4 nitrogen and oxygen atoms in total. The van der Waals surface area contributed by atoms with Gasteiger partial charge in [0.25, 0.3) is 0 Å². The normalized spacial score (nSPS) is 16.7. The maximum Gasteiger partial charge on any atom is 0.222 e. The SMILES string of the molecule is COc1ccc2c(c1)CCC[C@H]2CC(=O)N(C)CCC#N. The second-order valence-corrected chi connectivity index (χ2v) is 5.58. The lowest BCUT2D eigenvalue weighted by Crippen LogP contribution is -2.29. The van der Waals surface area contributed by atoms with Gasteiger partial charge in [-0.2, -0.15) is 5.26 Å². The number of carbonyl (C=O) groups excluding carboxylic acids is 1. The van der Waals surface area contributed by atoms with Crippen LogP contribution in [0.25, 0.3) is 0 Å². The molecule has 0 saturated carbocycles. The molecule has 0 radical (unpaired) electrons. The largest absolute Gasteiger partial charge is 0.497 e. The highest BCUT2D eigenvalue weighted by Crippen LogP contribution is 2.36. The molecule has 0 bridgehead atoms. The molecule has 0 aromatic heterocycles. The van der Waals surface area contributed by atoms with Gasteiger partial charge in [-0.3, -0.25) is 4.79 Å². The van der Waals surface area contributed by atoms with Crippen LogP contribution in [0.4, 0.5) is 0 Å². The number of amides is 1. The van der Waals surface area contributed by atoms with Gasteiger partial charge in [0.1, 0.15) is 5.75 Å². The van der Waals surface area contributed by atoms with Gasteiger partial charge < -0.3 is 9.64 Å². The van der Waals surface area contributed by atoms with E-state index in [1.54, 1.807) is 19.1 Å². The Bertz CT molecular complexity index is 548. The molecule has 0 spiro atoms. The van der Waals surface area contributed by atoms with Crippen molar-refractivity contribution in [2.45, 2.75) is 38.0 Å². The van der Waals surface area contributed by atoms with Crippen molar-refractivity contribution in [3.8, 4) is 11.8 Å². The highest BCUT2D eigenvalue weighted by atomic mass is 16.5. The third-order valence-corrected chi connectivity index (χ3v) is 4.19. The van der Waals surface area contributed by atoms with Gasteiger partial charge in [0, 0.05) is 20.0 Å². The summed E-state index contributed by atoms with van der Waals surface area (Å²) in [5.74, 6) is 1.29. The van der Waals surface area contributed by atoms with Crippen LogP contribution in [0.5, 0.6) is 5.75 Å². The summed E-state index contributed by atoms with van der Waals surface area (Å²) in [5.41, 5.74) is 2.59. The van der Waals surface area contributed by atoms with Gasteiger partial charge in [-0.1, -0.05) is 6.07 Å². The first-order valence-electron chi connectivity index (χ1n) is 7.43. The Hall–Kier alpha value is -2.02. The number of nitriles is 1. The molecule has 1 aromatic carbocycles. The molecule has 4 heteroatoms. The number of hydrogen-bond acceptors (Lipinski definition) is 3. The predicted octanol–water partition coefficient (Wildman–Crippen LogP) is 2.88. The highest BCUT2D eigenvalue weighted by molar-refractivity contribution is 5.77. The van der Waals surface area contributed by atoms with Crippen LogP contribution in [0.1, 0.15) is 42.7 Å². The Morgan fingerprint density at radius 3 is 3.05 bits per heavy atom. The molecule has 0 heterocycles. The standard InChI is InChI=1S/C17H22N2O2/c1-19(10-4-9-18)17(20)12-14-6-3-5-13-11-15(21-2)7-8-16(13)14/h7-8,11,14H,3-6,10,12H2,1-2H3/t14-/m0/s1. The van der Waals surface area contributed by atoms with E-state index < -0.39 is 0 Å². The molecule has 1 aromatic rings. The van der Waals surface area contributed by atoms with Crippen LogP contribution >= 0.6 is 0 Å². The quantitative estimate of drug-likeness (QED) is 0.836. The topological polar surface area (TPSA) is 53.3 Å². The molecule has 1 atom stereocenters. The van der Waals surface area contributed by atoms with E-state index >= 15 is 0 Å². The van der Waals surface area contributed by atoms with Crippen molar-refractivity contribution in [3.63, 3.8) is 0 Å². The highest BCUT2D eigenvalue weighted by Gasteiger charge is 2.24. The zero-order valence-electron chi connectivity index (χ0n) is 12.8. The molecule has 0 unspecified atom stereocenters.